The van der Waals surface area contributed by atoms with E-state index in [0.717, 1.165) is 0 Å². The van der Waals surface area contributed by atoms with E-state index in [9.17, 15) is 4.79 Å². The third-order valence-electron chi connectivity index (χ3n) is 2.23. The van der Waals surface area contributed by atoms with Crippen molar-refractivity contribution in [2.75, 3.05) is 13.2 Å². The van der Waals surface area contributed by atoms with Gasteiger partial charge in [0.25, 0.3) is 0 Å². The van der Waals surface area contributed by atoms with Gasteiger partial charge in [-0.05, 0) is 23.7 Å². The number of benzene rings is 1. The first-order valence-electron chi connectivity index (χ1n) is 5.20. The maximum atomic E-state index is 11.5. The molecule has 7 nitrogen and oxygen atoms in total. The summed E-state index contributed by atoms with van der Waals surface area (Å²) in [7, 11) is 0. The average molecular weight is 246 g/mol. The summed E-state index contributed by atoms with van der Waals surface area (Å²) in [4.78, 5) is 14.0. The van der Waals surface area contributed by atoms with Crippen molar-refractivity contribution in [3.05, 3.63) is 45.1 Å². The van der Waals surface area contributed by atoms with Crippen molar-refractivity contribution < 1.29 is 9.15 Å². The average Bonchev–Trinajstić information content (AvgIpc) is 2.37. The molecule has 2 aromatic rings. The van der Waals surface area contributed by atoms with Crippen LogP contribution in [0.1, 0.15) is 0 Å². The summed E-state index contributed by atoms with van der Waals surface area (Å²) < 4.78 is 10.3. The fourth-order valence-corrected chi connectivity index (χ4v) is 1.47. The van der Waals surface area contributed by atoms with E-state index < -0.39 is 5.63 Å². The van der Waals surface area contributed by atoms with E-state index in [1.165, 1.54) is 6.07 Å². The van der Waals surface area contributed by atoms with Gasteiger partial charge in [0, 0.05) is 22.9 Å². The van der Waals surface area contributed by atoms with Gasteiger partial charge in [0.05, 0.1) is 0 Å². The summed E-state index contributed by atoms with van der Waals surface area (Å²) >= 11 is 0. The number of azide groups is 1. The Labute approximate surface area is 101 Å². The Kier molecular flexibility index (Phi) is 3.47. The number of nitrogens with zero attached hydrogens (tertiary/aromatic N) is 3. The monoisotopic (exact) mass is 246 g/mol. The molecule has 2 N–H and O–H groups in total. The Hall–Kier alpha value is -2.50. The van der Waals surface area contributed by atoms with Crippen molar-refractivity contribution in [3.63, 3.8) is 0 Å². The number of fused-ring (bicyclic) bond motifs is 1. The fraction of sp³-hybridized carbons (Fsp3) is 0.182. The SMILES string of the molecule is [N-]=[N+]=Nc1cc2ccc(OCCN)cc2oc1=O. The molecule has 7 heteroatoms. The van der Waals surface area contributed by atoms with Gasteiger partial charge in [-0.15, -0.1) is 0 Å². The van der Waals surface area contributed by atoms with Crippen molar-refractivity contribution in [1.82, 2.24) is 0 Å². The quantitative estimate of drug-likeness (QED) is 0.384. The summed E-state index contributed by atoms with van der Waals surface area (Å²) in [5, 5.41) is 3.90. The van der Waals surface area contributed by atoms with E-state index in [1.807, 2.05) is 0 Å². The fourth-order valence-electron chi connectivity index (χ4n) is 1.47. The Balaban J connectivity index is 2.48. The van der Waals surface area contributed by atoms with Gasteiger partial charge < -0.3 is 14.9 Å². The van der Waals surface area contributed by atoms with Crippen LogP contribution in [0.4, 0.5) is 5.69 Å². The van der Waals surface area contributed by atoms with Crippen LogP contribution in [-0.2, 0) is 0 Å². The predicted octanol–water partition coefficient (Wildman–Crippen LogP) is 2.07. The summed E-state index contributed by atoms with van der Waals surface area (Å²) in [6.07, 6.45) is 0. The molecule has 92 valence electrons. The lowest BCUT2D eigenvalue weighted by Crippen LogP contribution is -2.10. The van der Waals surface area contributed by atoms with E-state index >= 15 is 0 Å². The molecule has 0 fully saturated rings. The van der Waals surface area contributed by atoms with Crippen LogP contribution in [0, 0.1) is 0 Å². The molecule has 0 amide bonds. The van der Waals surface area contributed by atoms with E-state index in [0.29, 0.717) is 29.9 Å². The van der Waals surface area contributed by atoms with Crippen LogP contribution < -0.4 is 16.1 Å². The van der Waals surface area contributed by atoms with Crippen molar-refractivity contribution in [2.45, 2.75) is 0 Å². The smallest absolute Gasteiger partial charge is 0.345 e. The highest BCUT2D eigenvalue weighted by molar-refractivity contribution is 5.80. The van der Waals surface area contributed by atoms with Gasteiger partial charge in [-0.25, -0.2) is 4.79 Å². The minimum absolute atomic E-state index is 0.0689. The zero-order valence-electron chi connectivity index (χ0n) is 9.37. The Morgan fingerprint density at radius 2 is 2.28 bits per heavy atom. The van der Waals surface area contributed by atoms with Crippen LogP contribution in [-0.4, -0.2) is 13.2 Å². The molecule has 0 saturated carbocycles. The molecule has 0 radical (unpaired) electrons. The Morgan fingerprint density at radius 3 is 3.00 bits per heavy atom. The number of hydrogen-bond acceptors (Lipinski definition) is 5. The summed E-state index contributed by atoms with van der Waals surface area (Å²) in [5.74, 6) is 0.563. The highest BCUT2D eigenvalue weighted by atomic mass is 16.5. The van der Waals surface area contributed by atoms with Crippen molar-refractivity contribution in [2.24, 2.45) is 10.8 Å². The van der Waals surface area contributed by atoms with Crippen molar-refractivity contribution >= 4 is 16.7 Å². The van der Waals surface area contributed by atoms with Crippen LogP contribution in [0.3, 0.4) is 0 Å². The van der Waals surface area contributed by atoms with Crippen LogP contribution in [0.5, 0.6) is 5.75 Å². The van der Waals surface area contributed by atoms with Gasteiger partial charge in [-0.3, -0.25) is 0 Å². The lowest BCUT2D eigenvalue weighted by Gasteiger charge is -2.05. The minimum Gasteiger partial charge on any atom is -0.492 e. The number of rotatable bonds is 4. The van der Waals surface area contributed by atoms with E-state index in [4.69, 9.17) is 20.4 Å². The lowest BCUT2D eigenvalue weighted by molar-refractivity contribution is 0.328. The van der Waals surface area contributed by atoms with Crippen molar-refractivity contribution in [1.29, 1.82) is 0 Å². The van der Waals surface area contributed by atoms with Gasteiger partial charge in [0.2, 0.25) is 0 Å². The van der Waals surface area contributed by atoms with E-state index in [-0.39, 0.29) is 5.69 Å². The minimum atomic E-state index is -0.684. The highest BCUT2D eigenvalue weighted by Crippen LogP contribution is 2.22. The van der Waals surface area contributed by atoms with Crippen molar-refractivity contribution in [3.8, 4) is 5.75 Å². The van der Waals surface area contributed by atoms with E-state index in [2.05, 4.69) is 10.0 Å². The van der Waals surface area contributed by atoms with Crippen LogP contribution in [0.25, 0.3) is 21.4 Å². The summed E-state index contributed by atoms with van der Waals surface area (Å²) in [6, 6.07) is 6.48. The first-order valence-corrected chi connectivity index (χ1v) is 5.20. The predicted molar refractivity (Wildman–Crippen MR) is 65.8 cm³/mol. The summed E-state index contributed by atoms with van der Waals surface area (Å²) in [6.45, 7) is 0.782. The molecule has 0 spiro atoms. The topological polar surface area (TPSA) is 114 Å². The number of hydrogen-bond donors (Lipinski definition) is 1. The Morgan fingerprint density at radius 1 is 1.44 bits per heavy atom. The lowest BCUT2D eigenvalue weighted by atomic mass is 10.2. The molecule has 2 rings (SSSR count). The zero-order valence-corrected chi connectivity index (χ0v) is 9.37. The van der Waals surface area contributed by atoms with Crippen LogP contribution in [0.2, 0.25) is 0 Å². The van der Waals surface area contributed by atoms with Gasteiger partial charge in [-0.2, -0.15) is 0 Å². The van der Waals surface area contributed by atoms with E-state index in [1.54, 1.807) is 18.2 Å². The molecular weight excluding hydrogens is 236 g/mol. The normalized spacial score (nSPS) is 10.1. The molecule has 0 aliphatic rings. The molecule has 1 aromatic carbocycles. The molecule has 0 saturated heterocycles. The maximum absolute atomic E-state index is 11.5. The first-order chi connectivity index (χ1) is 8.74. The molecule has 0 unspecified atom stereocenters. The molecule has 0 bridgehead atoms. The molecule has 0 atom stereocenters. The first kappa shape index (κ1) is 12.0. The number of nitrogens with two attached hydrogens (primary N) is 1. The van der Waals surface area contributed by atoms with Gasteiger partial charge >= 0.3 is 5.63 Å². The summed E-state index contributed by atoms with van der Waals surface area (Å²) in [5.41, 5.74) is 13.2. The van der Waals surface area contributed by atoms with Gasteiger partial charge in [-0.1, -0.05) is 5.11 Å². The number of ether oxygens (including phenoxy) is 1. The standard InChI is InChI=1S/C11H10N4O3/c12-3-4-17-8-2-1-7-5-9(14-15-13)11(16)18-10(7)6-8/h1-2,5-6H,3-4,12H2. The second-order valence-corrected chi connectivity index (χ2v) is 3.45. The third kappa shape index (κ3) is 2.42. The largest absolute Gasteiger partial charge is 0.492 e. The van der Waals surface area contributed by atoms with Gasteiger partial charge in [0.15, 0.2) is 0 Å². The molecule has 0 aliphatic heterocycles. The second-order valence-electron chi connectivity index (χ2n) is 3.45. The molecule has 0 aliphatic carbocycles. The molecular formula is C11H10N4O3. The maximum Gasteiger partial charge on any atom is 0.345 e. The van der Waals surface area contributed by atoms with Crippen LogP contribution >= 0.6 is 0 Å². The zero-order chi connectivity index (χ0) is 13.0. The molecule has 18 heavy (non-hydrogen) atoms. The molecule has 1 heterocycles. The molecule has 1 aromatic heterocycles. The third-order valence-corrected chi connectivity index (χ3v) is 2.23. The van der Waals surface area contributed by atoms with Gasteiger partial charge in [0.1, 0.15) is 23.6 Å². The highest BCUT2D eigenvalue weighted by Gasteiger charge is 2.05. The Bertz CT molecular complexity index is 674. The van der Waals surface area contributed by atoms with Crippen LogP contribution in [0.15, 0.2) is 38.6 Å². The second kappa shape index (κ2) is 5.22.